The van der Waals surface area contributed by atoms with Crippen LogP contribution in [0.25, 0.3) is 0 Å². The zero-order valence-corrected chi connectivity index (χ0v) is 26.4. The van der Waals surface area contributed by atoms with Gasteiger partial charge in [-0.3, -0.25) is 4.79 Å². The third-order valence-electron chi connectivity index (χ3n) is 7.32. The number of nitrogens with zero attached hydrogens (tertiary/aromatic N) is 2. The van der Waals surface area contributed by atoms with Crippen LogP contribution in [0.4, 0.5) is 5.69 Å². The highest BCUT2D eigenvalue weighted by Gasteiger charge is 2.49. The van der Waals surface area contributed by atoms with E-state index >= 15 is 0 Å². The molecule has 0 radical (unpaired) electrons. The third kappa shape index (κ3) is 6.90. The fraction of sp³-hybridized carbons (Fsp3) is 0.406. The first-order chi connectivity index (χ1) is 19.9. The first-order valence-electron chi connectivity index (χ1n) is 13.7. The monoisotopic (exact) mass is 596 g/mol. The van der Waals surface area contributed by atoms with E-state index in [0.29, 0.717) is 12.4 Å². The van der Waals surface area contributed by atoms with E-state index in [1.54, 1.807) is 38.0 Å². The molecule has 0 saturated carbocycles. The Kier molecular flexibility index (Phi) is 10.8. The summed E-state index contributed by atoms with van der Waals surface area (Å²) in [6.45, 7) is 2.49. The standard InChI is InChI=1S/C32H40N2O5S2/c1-33(19-17-23-13-15-28(37-4)29(21-23)38-5)18-9-10-20-39-27-16-14-24(36-3)22-25(27)32(40-6)31(35)34(2)26-11-7-8-12-30(26)41-32/h7-8,11-16,21-22H,9-10,17-20H2,1-6H3. The number of fused-ring (bicyclic) bond motifs is 1. The fourth-order valence-electron chi connectivity index (χ4n) is 4.91. The molecule has 1 aliphatic rings. The van der Waals surface area contributed by atoms with Crippen molar-refractivity contribution in [3.05, 3.63) is 71.8 Å². The van der Waals surface area contributed by atoms with Crippen LogP contribution in [0.5, 0.6) is 23.0 Å². The summed E-state index contributed by atoms with van der Waals surface area (Å²) in [5.41, 5.74) is 2.97. The molecule has 3 aromatic carbocycles. The maximum absolute atomic E-state index is 13.8. The molecule has 0 fully saturated rings. The maximum Gasteiger partial charge on any atom is 0.258 e. The van der Waals surface area contributed by atoms with E-state index in [1.807, 2.05) is 61.8 Å². The number of unbranched alkanes of at least 4 members (excludes halogenated alkanes) is 1. The predicted molar refractivity (Wildman–Crippen MR) is 169 cm³/mol. The number of likely N-dealkylation sites (N-methyl/N-ethyl adjacent to an activating group) is 2. The minimum absolute atomic E-state index is 0.0166. The van der Waals surface area contributed by atoms with Gasteiger partial charge < -0.3 is 28.7 Å². The number of anilines is 1. The van der Waals surface area contributed by atoms with Gasteiger partial charge in [-0.15, -0.1) is 11.8 Å². The van der Waals surface area contributed by atoms with E-state index < -0.39 is 4.08 Å². The van der Waals surface area contributed by atoms with E-state index in [4.69, 9.17) is 18.9 Å². The molecule has 1 atom stereocenters. The van der Waals surface area contributed by atoms with Crippen LogP contribution in [0.15, 0.2) is 65.6 Å². The van der Waals surface area contributed by atoms with Gasteiger partial charge in [0.2, 0.25) is 0 Å². The second-order valence-corrected chi connectivity index (χ2v) is 12.5. The van der Waals surface area contributed by atoms with Gasteiger partial charge in [0.15, 0.2) is 15.6 Å². The first-order valence-corrected chi connectivity index (χ1v) is 15.7. The summed E-state index contributed by atoms with van der Waals surface area (Å²) in [6, 6.07) is 19.9. The molecule has 0 spiro atoms. The van der Waals surface area contributed by atoms with Crippen LogP contribution in [-0.4, -0.2) is 72.2 Å². The van der Waals surface area contributed by atoms with E-state index in [1.165, 1.54) is 17.3 Å². The molecule has 0 aliphatic carbocycles. The topological polar surface area (TPSA) is 60.5 Å². The van der Waals surface area contributed by atoms with Gasteiger partial charge in [0, 0.05) is 24.1 Å². The lowest BCUT2D eigenvalue weighted by molar-refractivity contribution is -0.118. The lowest BCUT2D eigenvalue weighted by Gasteiger charge is -2.40. The number of carbonyl (C=O) groups excluding carboxylic acids is 1. The zero-order valence-electron chi connectivity index (χ0n) is 24.8. The second-order valence-electron chi connectivity index (χ2n) is 9.91. The van der Waals surface area contributed by atoms with Crippen LogP contribution in [0, 0.1) is 0 Å². The number of hydrogen-bond acceptors (Lipinski definition) is 8. The van der Waals surface area contributed by atoms with Crippen LogP contribution in [0.1, 0.15) is 24.0 Å². The molecule has 0 aromatic heterocycles. The predicted octanol–water partition coefficient (Wildman–Crippen LogP) is 6.33. The van der Waals surface area contributed by atoms with Gasteiger partial charge in [0.25, 0.3) is 5.91 Å². The number of benzene rings is 3. The fourth-order valence-corrected chi connectivity index (χ4v) is 7.46. The number of para-hydroxylation sites is 1. The van der Waals surface area contributed by atoms with Gasteiger partial charge in [-0.05, 0) is 87.1 Å². The second kappa shape index (κ2) is 14.2. The van der Waals surface area contributed by atoms with Gasteiger partial charge in [-0.2, -0.15) is 0 Å². The van der Waals surface area contributed by atoms with E-state index in [9.17, 15) is 4.79 Å². The summed E-state index contributed by atoms with van der Waals surface area (Å²) in [5, 5.41) is 0. The summed E-state index contributed by atoms with van der Waals surface area (Å²) < 4.78 is 21.8. The van der Waals surface area contributed by atoms with Crippen molar-refractivity contribution in [3.8, 4) is 23.0 Å². The quantitative estimate of drug-likeness (QED) is 0.200. The molecular weight excluding hydrogens is 556 g/mol. The highest BCUT2D eigenvalue weighted by atomic mass is 32.2. The molecular formula is C32H40N2O5S2. The lowest BCUT2D eigenvalue weighted by atomic mass is 10.1. The minimum Gasteiger partial charge on any atom is -0.497 e. The van der Waals surface area contributed by atoms with Crippen LogP contribution < -0.4 is 23.8 Å². The Bertz CT molecular complexity index is 1340. The van der Waals surface area contributed by atoms with Crippen LogP contribution >= 0.6 is 23.5 Å². The maximum atomic E-state index is 13.8. The molecule has 9 heteroatoms. The van der Waals surface area contributed by atoms with Gasteiger partial charge in [-0.25, -0.2) is 0 Å². The normalized spacial score (nSPS) is 16.5. The molecule has 1 heterocycles. The highest BCUT2D eigenvalue weighted by Crippen LogP contribution is 2.58. The van der Waals surface area contributed by atoms with Gasteiger partial charge >= 0.3 is 0 Å². The number of ether oxygens (including phenoxy) is 4. The molecule has 41 heavy (non-hydrogen) atoms. The summed E-state index contributed by atoms with van der Waals surface area (Å²) in [5.74, 6) is 2.94. The van der Waals surface area contributed by atoms with Crippen molar-refractivity contribution in [1.29, 1.82) is 0 Å². The Morgan fingerprint density at radius 1 is 0.902 bits per heavy atom. The Labute approximate surface area is 252 Å². The third-order valence-corrected chi connectivity index (χ3v) is 10.3. The average molecular weight is 597 g/mol. The van der Waals surface area contributed by atoms with E-state index in [-0.39, 0.29) is 5.91 Å². The summed E-state index contributed by atoms with van der Waals surface area (Å²) in [6.07, 6.45) is 4.82. The SMILES string of the molecule is COc1ccc(OCCCCN(C)CCc2ccc(OC)c(OC)c2)c(C2(SC)Sc3ccccc3N(C)C2=O)c1. The molecule has 0 N–H and O–H groups in total. The Morgan fingerprint density at radius 2 is 1.66 bits per heavy atom. The molecule has 0 saturated heterocycles. The number of hydrogen-bond donors (Lipinski definition) is 0. The Balaban J connectivity index is 1.37. The molecule has 0 bridgehead atoms. The van der Waals surface area contributed by atoms with Crippen LogP contribution in [0.3, 0.4) is 0 Å². The van der Waals surface area contributed by atoms with E-state index in [2.05, 4.69) is 24.1 Å². The smallest absolute Gasteiger partial charge is 0.258 e. The number of thioether (sulfide) groups is 2. The number of amides is 1. The van der Waals surface area contributed by atoms with Crippen molar-refractivity contribution < 1.29 is 23.7 Å². The lowest BCUT2D eigenvalue weighted by Crippen LogP contribution is -2.44. The minimum atomic E-state index is -0.878. The molecule has 4 rings (SSSR count). The number of methoxy groups -OCH3 is 3. The summed E-state index contributed by atoms with van der Waals surface area (Å²) in [7, 11) is 8.94. The van der Waals surface area contributed by atoms with Gasteiger partial charge in [0.05, 0.1) is 33.6 Å². The van der Waals surface area contributed by atoms with Crippen molar-refractivity contribution in [2.24, 2.45) is 0 Å². The van der Waals surface area contributed by atoms with Crippen molar-refractivity contribution in [3.63, 3.8) is 0 Å². The van der Waals surface area contributed by atoms with Gasteiger partial charge in [-0.1, -0.05) is 30.0 Å². The van der Waals surface area contributed by atoms with Gasteiger partial charge in [0.1, 0.15) is 11.5 Å². The Morgan fingerprint density at radius 3 is 2.39 bits per heavy atom. The molecule has 1 unspecified atom stereocenters. The summed E-state index contributed by atoms with van der Waals surface area (Å²) in [4.78, 5) is 19.0. The van der Waals surface area contributed by atoms with Crippen molar-refractivity contribution >= 4 is 35.1 Å². The summed E-state index contributed by atoms with van der Waals surface area (Å²) >= 11 is 3.10. The van der Waals surface area contributed by atoms with Crippen molar-refractivity contribution in [2.45, 2.75) is 28.2 Å². The number of carbonyl (C=O) groups is 1. The molecule has 7 nitrogen and oxygen atoms in total. The molecule has 1 aliphatic heterocycles. The van der Waals surface area contributed by atoms with Crippen LogP contribution in [0.2, 0.25) is 0 Å². The molecule has 3 aromatic rings. The zero-order chi connectivity index (χ0) is 29.4. The van der Waals surface area contributed by atoms with Crippen LogP contribution in [-0.2, 0) is 15.3 Å². The van der Waals surface area contributed by atoms with Crippen molar-refractivity contribution in [1.82, 2.24) is 4.90 Å². The number of rotatable bonds is 14. The molecule has 220 valence electrons. The molecule has 1 amide bonds. The Hall–Kier alpha value is -3.01. The average Bonchev–Trinajstić information content (AvgIpc) is 3.01. The van der Waals surface area contributed by atoms with E-state index in [0.717, 1.165) is 65.7 Å². The first kappa shape index (κ1) is 30.9. The highest BCUT2D eigenvalue weighted by molar-refractivity contribution is 8.18. The van der Waals surface area contributed by atoms with Crippen molar-refractivity contribution in [2.75, 3.05) is 66.3 Å². The largest absolute Gasteiger partial charge is 0.497 e.